The highest BCUT2D eigenvalue weighted by molar-refractivity contribution is 6.35. The van der Waals surface area contributed by atoms with E-state index in [2.05, 4.69) is 27.3 Å². The minimum atomic E-state index is -0.343. The van der Waals surface area contributed by atoms with Crippen molar-refractivity contribution in [3.8, 4) is 5.75 Å². The molecule has 8 heteroatoms. The average molecular weight is 395 g/mol. The Balaban J connectivity index is 1.52. The summed E-state index contributed by atoms with van der Waals surface area (Å²) in [6, 6.07) is 8.44. The van der Waals surface area contributed by atoms with Crippen LogP contribution in [-0.4, -0.2) is 35.8 Å². The van der Waals surface area contributed by atoms with Crippen LogP contribution in [0.15, 0.2) is 30.3 Å². The van der Waals surface area contributed by atoms with Crippen LogP contribution in [0.1, 0.15) is 19.8 Å². The lowest BCUT2D eigenvalue weighted by Crippen LogP contribution is -2.35. The molecule has 0 radical (unpaired) electrons. The highest BCUT2D eigenvalue weighted by Gasteiger charge is 2.18. The number of hydrogen-bond donors (Lipinski definition) is 1. The number of carbonyl (C=O) groups is 1. The molecular weight excluding hydrogens is 375 g/mol. The van der Waals surface area contributed by atoms with Gasteiger partial charge in [0.2, 0.25) is 0 Å². The molecule has 0 bridgehead atoms. The fourth-order valence-corrected chi connectivity index (χ4v) is 3.34. The van der Waals surface area contributed by atoms with Gasteiger partial charge in [0, 0.05) is 18.1 Å². The number of rotatable bonds is 5. The Labute approximate surface area is 162 Å². The van der Waals surface area contributed by atoms with E-state index in [-0.39, 0.29) is 12.5 Å². The number of hydrogen-bond acceptors (Lipinski definition) is 5. The van der Waals surface area contributed by atoms with Gasteiger partial charge in [-0.2, -0.15) is 0 Å². The first kappa shape index (κ1) is 18.7. The lowest BCUT2D eigenvalue weighted by atomic mass is 10.0. The van der Waals surface area contributed by atoms with Gasteiger partial charge in [0.15, 0.2) is 18.2 Å². The van der Waals surface area contributed by atoms with E-state index in [1.807, 2.05) is 6.07 Å². The van der Waals surface area contributed by atoms with Crippen LogP contribution >= 0.6 is 23.2 Å². The van der Waals surface area contributed by atoms with Crippen LogP contribution in [0, 0.1) is 5.92 Å². The van der Waals surface area contributed by atoms with E-state index >= 15 is 0 Å². The highest BCUT2D eigenvalue weighted by atomic mass is 35.5. The molecule has 1 aliphatic rings. The van der Waals surface area contributed by atoms with Gasteiger partial charge in [0.25, 0.3) is 5.91 Å². The van der Waals surface area contributed by atoms with Crippen molar-refractivity contribution in [1.29, 1.82) is 0 Å². The van der Waals surface area contributed by atoms with E-state index in [0.717, 1.165) is 25.3 Å². The summed E-state index contributed by atoms with van der Waals surface area (Å²) >= 11 is 11.8. The van der Waals surface area contributed by atoms with Crippen molar-refractivity contribution in [2.24, 2.45) is 5.92 Å². The Morgan fingerprint density at radius 3 is 2.85 bits per heavy atom. The van der Waals surface area contributed by atoms with Crippen LogP contribution in [0.3, 0.4) is 0 Å². The molecule has 3 rings (SSSR count). The molecule has 0 spiro atoms. The SMILES string of the molecule is CC1CCCN(c2ccc(NC(=O)COc3ccc(Cl)cc3Cl)nn2)C1. The fourth-order valence-electron chi connectivity index (χ4n) is 2.87. The standard InChI is InChI=1S/C18H20Cl2N4O2/c1-12-3-2-8-24(10-12)17-7-6-16(22-23-17)21-18(25)11-26-15-5-4-13(19)9-14(15)20/h4-7,9,12H,2-3,8,10-11H2,1H3,(H,21,22,25). The van der Waals surface area contributed by atoms with Gasteiger partial charge in [-0.1, -0.05) is 30.1 Å². The number of ether oxygens (including phenoxy) is 1. The third-order valence-corrected chi connectivity index (χ3v) is 4.68. The molecule has 0 saturated carbocycles. The number of anilines is 2. The molecule has 1 aromatic heterocycles. The van der Waals surface area contributed by atoms with Gasteiger partial charge in [0.1, 0.15) is 5.75 Å². The van der Waals surface area contributed by atoms with Crippen LogP contribution in [-0.2, 0) is 4.79 Å². The van der Waals surface area contributed by atoms with Crippen molar-refractivity contribution < 1.29 is 9.53 Å². The monoisotopic (exact) mass is 394 g/mol. The van der Waals surface area contributed by atoms with E-state index in [1.54, 1.807) is 24.3 Å². The third kappa shape index (κ3) is 4.99. The second-order valence-corrected chi connectivity index (χ2v) is 7.23. The van der Waals surface area contributed by atoms with E-state index in [0.29, 0.717) is 27.5 Å². The number of nitrogens with one attached hydrogen (secondary N) is 1. The molecular formula is C18H20Cl2N4O2. The number of amides is 1. The molecule has 26 heavy (non-hydrogen) atoms. The van der Waals surface area contributed by atoms with Crippen molar-refractivity contribution >= 4 is 40.7 Å². The van der Waals surface area contributed by atoms with Crippen LogP contribution in [0.2, 0.25) is 10.0 Å². The molecule has 1 saturated heterocycles. The maximum absolute atomic E-state index is 12.0. The number of aromatic nitrogens is 2. The summed E-state index contributed by atoms with van der Waals surface area (Å²) in [5, 5.41) is 11.8. The predicted molar refractivity (Wildman–Crippen MR) is 103 cm³/mol. The quantitative estimate of drug-likeness (QED) is 0.828. The normalized spacial score (nSPS) is 17.0. The van der Waals surface area contributed by atoms with Crippen LogP contribution in [0.4, 0.5) is 11.6 Å². The first-order valence-electron chi connectivity index (χ1n) is 8.47. The third-order valence-electron chi connectivity index (χ3n) is 4.15. The maximum atomic E-state index is 12.0. The Morgan fingerprint density at radius 1 is 1.31 bits per heavy atom. The first-order chi connectivity index (χ1) is 12.5. The summed E-state index contributed by atoms with van der Waals surface area (Å²) < 4.78 is 5.40. The minimum Gasteiger partial charge on any atom is -0.482 e. The zero-order chi connectivity index (χ0) is 18.5. The topological polar surface area (TPSA) is 67.4 Å². The van der Waals surface area contributed by atoms with Gasteiger partial charge in [-0.05, 0) is 49.1 Å². The highest BCUT2D eigenvalue weighted by Crippen LogP contribution is 2.27. The van der Waals surface area contributed by atoms with Crippen molar-refractivity contribution in [2.45, 2.75) is 19.8 Å². The van der Waals surface area contributed by atoms with Gasteiger partial charge in [0.05, 0.1) is 5.02 Å². The van der Waals surface area contributed by atoms with Gasteiger partial charge in [-0.15, -0.1) is 10.2 Å². The Kier molecular flexibility index (Phi) is 6.16. The maximum Gasteiger partial charge on any atom is 0.263 e. The molecule has 0 aliphatic carbocycles. The van der Waals surface area contributed by atoms with Crippen molar-refractivity contribution in [1.82, 2.24) is 10.2 Å². The second-order valence-electron chi connectivity index (χ2n) is 6.38. The van der Waals surface area contributed by atoms with Gasteiger partial charge >= 0.3 is 0 Å². The molecule has 2 heterocycles. The van der Waals surface area contributed by atoms with E-state index in [9.17, 15) is 4.79 Å². The molecule has 1 aromatic carbocycles. The van der Waals surface area contributed by atoms with Crippen molar-refractivity contribution in [3.63, 3.8) is 0 Å². The smallest absolute Gasteiger partial charge is 0.263 e. The van der Waals surface area contributed by atoms with E-state index in [1.165, 1.54) is 6.42 Å². The molecule has 6 nitrogen and oxygen atoms in total. The summed E-state index contributed by atoms with van der Waals surface area (Å²) in [6.45, 7) is 4.02. The van der Waals surface area contributed by atoms with Crippen LogP contribution in [0.25, 0.3) is 0 Å². The van der Waals surface area contributed by atoms with Gasteiger partial charge < -0.3 is 15.0 Å². The molecule has 1 unspecified atom stereocenters. The zero-order valence-corrected chi connectivity index (χ0v) is 15.9. The summed E-state index contributed by atoms with van der Waals surface area (Å²) in [4.78, 5) is 14.2. The zero-order valence-electron chi connectivity index (χ0n) is 14.4. The van der Waals surface area contributed by atoms with E-state index < -0.39 is 0 Å². The Hall–Kier alpha value is -2.05. The van der Waals surface area contributed by atoms with Gasteiger partial charge in [-0.25, -0.2) is 0 Å². The molecule has 2 aromatic rings. The largest absolute Gasteiger partial charge is 0.482 e. The number of piperidine rings is 1. The number of halogens is 2. The summed E-state index contributed by atoms with van der Waals surface area (Å²) in [5.74, 6) is 1.92. The molecule has 1 N–H and O–H groups in total. The van der Waals surface area contributed by atoms with Crippen molar-refractivity contribution in [2.75, 3.05) is 29.9 Å². The predicted octanol–water partition coefficient (Wildman–Crippen LogP) is 4.04. The molecule has 1 atom stereocenters. The fraction of sp³-hybridized carbons (Fsp3) is 0.389. The lowest BCUT2D eigenvalue weighted by Gasteiger charge is -2.31. The average Bonchev–Trinajstić information content (AvgIpc) is 2.61. The molecule has 1 fully saturated rings. The summed E-state index contributed by atoms with van der Waals surface area (Å²) in [5.41, 5.74) is 0. The Bertz CT molecular complexity index is 770. The lowest BCUT2D eigenvalue weighted by molar-refractivity contribution is -0.118. The number of carbonyl (C=O) groups excluding carboxylic acids is 1. The second kappa shape index (κ2) is 8.56. The number of nitrogens with zero attached hydrogens (tertiary/aromatic N) is 3. The first-order valence-corrected chi connectivity index (χ1v) is 9.23. The van der Waals surface area contributed by atoms with Crippen molar-refractivity contribution in [3.05, 3.63) is 40.4 Å². The van der Waals surface area contributed by atoms with E-state index in [4.69, 9.17) is 27.9 Å². The molecule has 1 amide bonds. The molecule has 1 aliphatic heterocycles. The Morgan fingerprint density at radius 2 is 2.15 bits per heavy atom. The molecule has 138 valence electrons. The van der Waals surface area contributed by atoms with Crippen LogP contribution in [0.5, 0.6) is 5.75 Å². The number of benzene rings is 1. The summed E-state index contributed by atoms with van der Waals surface area (Å²) in [6.07, 6.45) is 2.40. The van der Waals surface area contributed by atoms with Crippen LogP contribution < -0.4 is 15.0 Å². The summed E-state index contributed by atoms with van der Waals surface area (Å²) in [7, 11) is 0. The minimum absolute atomic E-state index is 0.186. The van der Waals surface area contributed by atoms with Gasteiger partial charge in [-0.3, -0.25) is 4.79 Å².